The van der Waals surface area contributed by atoms with Crippen molar-refractivity contribution in [1.29, 1.82) is 0 Å². The number of phenols is 1. The Morgan fingerprint density at radius 1 is 1.07 bits per heavy atom. The molecule has 0 radical (unpaired) electrons. The van der Waals surface area contributed by atoms with Crippen LogP contribution in [0.15, 0.2) is 63.9 Å². The zero-order chi connectivity index (χ0) is 30.4. The van der Waals surface area contributed by atoms with Gasteiger partial charge in [-0.3, -0.25) is 9.59 Å². The maximum atomic E-state index is 13.1. The molecular formula is C33H34N6O5. The lowest BCUT2D eigenvalue weighted by atomic mass is 10.0. The van der Waals surface area contributed by atoms with Gasteiger partial charge in [0.1, 0.15) is 22.7 Å². The quantitative estimate of drug-likeness (QED) is 0.269. The molecule has 3 aromatic heterocycles. The lowest BCUT2D eigenvalue weighted by Crippen LogP contribution is -2.36. The number of nitrogens with one attached hydrogen (secondary N) is 1. The summed E-state index contributed by atoms with van der Waals surface area (Å²) < 4.78 is 13.9. The van der Waals surface area contributed by atoms with E-state index in [9.17, 15) is 14.7 Å². The van der Waals surface area contributed by atoms with Gasteiger partial charge >= 0.3 is 0 Å². The van der Waals surface area contributed by atoms with Crippen LogP contribution in [-0.4, -0.2) is 70.8 Å². The average Bonchev–Trinajstić information content (AvgIpc) is 3.69. The van der Waals surface area contributed by atoms with E-state index in [2.05, 4.69) is 14.9 Å². The fourth-order valence-corrected chi connectivity index (χ4v) is 6.27. The molecule has 5 aromatic rings. The van der Waals surface area contributed by atoms with Crippen molar-refractivity contribution in [3.63, 3.8) is 0 Å². The number of phenolic OH excluding ortho intramolecular Hbond substituents is 1. The number of ether oxygens (including phenoxy) is 1. The molecule has 1 aliphatic carbocycles. The van der Waals surface area contributed by atoms with Crippen LogP contribution in [0.3, 0.4) is 0 Å². The van der Waals surface area contributed by atoms with E-state index in [0.717, 1.165) is 42.3 Å². The van der Waals surface area contributed by atoms with Crippen molar-refractivity contribution in [2.45, 2.75) is 31.7 Å². The van der Waals surface area contributed by atoms with Crippen molar-refractivity contribution in [1.82, 2.24) is 19.4 Å². The van der Waals surface area contributed by atoms with Gasteiger partial charge in [-0.2, -0.15) is 4.98 Å². The van der Waals surface area contributed by atoms with Gasteiger partial charge in [0.05, 0.1) is 18.6 Å². The van der Waals surface area contributed by atoms with Gasteiger partial charge < -0.3 is 33.9 Å². The average molecular weight is 595 g/mol. The summed E-state index contributed by atoms with van der Waals surface area (Å²) in [5.74, 6) is 0.796. The first kappa shape index (κ1) is 27.9. The van der Waals surface area contributed by atoms with E-state index in [1.165, 1.54) is 12.1 Å². The van der Waals surface area contributed by atoms with Gasteiger partial charge in [-0.15, -0.1) is 0 Å². The minimum Gasteiger partial charge on any atom is -0.508 e. The van der Waals surface area contributed by atoms with Crippen LogP contribution in [0, 0.1) is 0 Å². The van der Waals surface area contributed by atoms with Crippen molar-refractivity contribution in [2.24, 2.45) is 0 Å². The van der Waals surface area contributed by atoms with Gasteiger partial charge in [0.2, 0.25) is 5.95 Å². The highest BCUT2D eigenvalue weighted by molar-refractivity contribution is 5.98. The number of aromatic hydroxyl groups is 1. The maximum absolute atomic E-state index is 13.1. The highest BCUT2D eigenvalue weighted by Crippen LogP contribution is 2.37. The lowest BCUT2D eigenvalue weighted by Gasteiger charge is -2.27. The van der Waals surface area contributed by atoms with Crippen LogP contribution in [0.4, 0.5) is 17.5 Å². The molecule has 11 heteroatoms. The molecule has 226 valence electrons. The molecule has 0 spiro atoms. The monoisotopic (exact) mass is 594 g/mol. The molecule has 0 bridgehead atoms. The third-order valence-corrected chi connectivity index (χ3v) is 8.44. The molecule has 7 rings (SSSR count). The second kappa shape index (κ2) is 11.3. The molecule has 4 heterocycles. The minimum absolute atomic E-state index is 0.0261. The largest absolute Gasteiger partial charge is 0.508 e. The lowest BCUT2D eigenvalue weighted by molar-refractivity contribution is 0.0815. The Hall–Kier alpha value is -4.90. The Morgan fingerprint density at radius 2 is 1.86 bits per heavy atom. The van der Waals surface area contributed by atoms with Crippen molar-refractivity contribution in [3.05, 3.63) is 70.6 Å². The van der Waals surface area contributed by atoms with E-state index in [-0.39, 0.29) is 23.1 Å². The summed E-state index contributed by atoms with van der Waals surface area (Å²) in [5, 5.41) is 15.0. The zero-order valence-corrected chi connectivity index (χ0v) is 24.7. The Morgan fingerprint density at radius 3 is 2.64 bits per heavy atom. The summed E-state index contributed by atoms with van der Waals surface area (Å²) >= 11 is 0. The summed E-state index contributed by atoms with van der Waals surface area (Å²) in [6, 6.07) is 14.2. The first-order chi connectivity index (χ1) is 21.4. The topological polar surface area (TPSA) is 126 Å². The van der Waals surface area contributed by atoms with E-state index in [4.69, 9.17) is 14.1 Å². The van der Waals surface area contributed by atoms with Crippen LogP contribution in [0.5, 0.6) is 5.75 Å². The fraction of sp³-hybridized carbons (Fsp3) is 0.333. The number of hydrogen-bond donors (Lipinski definition) is 2. The van der Waals surface area contributed by atoms with Crippen LogP contribution in [0.2, 0.25) is 0 Å². The number of aromatic nitrogens is 3. The maximum Gasteiger partial charge on any atom is 0.270 e. The zero-order valence-electron chi connectivity index (χ0n) is 24.7. The number of morpholine rings is 1. The van der Waals surface area contributed by atoms with E-state index in [1.807, 2.05) is 35.2 Å². The number of amides is 1. The van der Waals surface area contributed by atoms with Crippen molar-refractivity contribution in [3.8, 4) is 16.9 Å². The molecule has 1 aliphatic heterocycles. The van der Waals surface area contributed by atoms with Crippen LogP contribution in [-0.2, 0) is 4.74 Å². The molecule has 2 N–H and O–H groups in total. The summed E-state index contributed by atoms with van der Waals surface area (Å²) in [6.45, 7) is 2.37. The van der Waals surface area contributed by atoms with Crippen molar-refractivity contribution >= 4 is 45.4 Å². The second-order valence-electron chi connectivity index (χ2n) is 11.6. The second-order valence-corrected chi connectivity index (χ2v) is 11.6. The predicted molar refractivity (Wildman–Crippen MR) is 169 cm³/mol. The normalized spacial score (nSPS) is 15.7. The SMILES string of the molecule is CN(C)C(=O)c1cc2cnc(Nc3cccc(-c4cc(O)cc5c(=O)cc(N6CCOCC6)oc45)c3)nc2n1C1CCCC1. The molecule has 1 amide bonds. The molecule has 1 saturated heterocycles. The smallest absolute Gasteiger partial charge is 0.270 e. The molecule has 2 aliphatic rings. The predicted octanol–water partition coefficient (Wildman–Crippen LogP) is 5.31. The van der Waals surface area contributed by atoms with E-state index < -0.39 is 0 Å². The molecular weight excluding hydrogens is 560 g/mol. The Kier molecular flexibility index (Phi) is 7.17. The number of carbonyl (C=O) groups is 1. The number of nitrogens with zero attached hydrogens (tertiary/aromatic N) is 5. The van der Waals surface area contributed by atoms with Crippen molar-refractivity contribution in [2.75, 3.05) is 50.6 Å². The van der Waals surface area contributed by atoms with Gasteiger partial charge in [-0.05, 0) is 48.7 Å². The third-order valence-electron chi connectivity index (χ3n) is 8.44. The Balaban J connectivity index is 1.26. The van der Waals surface area contributed by atoms with Gasteiger partial charge in [0.25, 0.3) is 5.91 Å². The molecule has 0 atom stereocenters. The summed E-state index contributed by atoms with van der Waals surface area (Å²) in [5.41, 5.74) is 3.58. The summed E-state index contributed by atoms with van der Waals surface area (Å²) in [7, 11) is 3.52. The Bertz CT molecular complexity index is 1940. The molecule has 1 saturated carbocycles. The minimum atomic E-state index is -0.224. The third kappa shape index (κ3) is 5.13. The molecule has 44 heavy (non-hydrogen) atoms. The van der Waals surface area contributed by atoms with Gasteiger partial charge in [0, 0.05) is 62.1 Å². The number of rotatable bonds is 6. The molecule has 0 unspecified atom stereocenters. The fourth-order valence-electron chi connectivity index (χ4n) is 6.27. The number of anilines is 3. The number of fused-ring (bicyclic) bond motifs is 2. The van der Waals surface area contributed by atoms with Crippen LogP contribution in [0.25, 0.3) is 33.1 Å². The van der Waals surface area contributed by atoms with Gasteiger partial charge in [-0.1, -0.05) is 25.0 Å². The Labute approximate surface area is 253 Å². The highest BCUT2D eigenvalue weighted by atomic mass is 16.5. The van der Waals surface area contributed by atoms with E-state index in [1.54, 1.807) is 31.3 Å². The summed E-state index contributed by atoms with van der Waals surface area (Å²) in [6.07, 6.45) is 6.01. The van der Waals surface area contributed by atoms with Crippen LogP contribution in [0.1, 0.15) is 42.2 Å². The molecule has 2 fully saturated rings. The molecule has 11 nitrogen and oxygen atoms in total. The molecule has 2 aromatic carbocycles. The van der Waals surface area contributed by atoms with Crippen LogP contribution >= 0.6 is 0 Å². The number of benzene rings is 2. The number of carbonyl (C=O) groups excluding carboxylic acids is 1. The van der Waals surface area contributed by atoms with Gasteiger partial charge in [0.15, 0.2) is 11.3 Å². The van der Waals surface area contributed by atoms with E-state index >= 15 is 0 Å². The van der Waals surface area contributed by atoms with Gasteiger partial charge in [-0.25, -0.2) is 4.98 Å². The number of hydrogen-bond acceptors (Lipinski definition) is 9. The first-order valence-corrected chi connectivity index (χ1v) is 15.0. The highest BCUT2D eigenvalue weighted by Gasteiger charge is 2.26. The summed E-state index contributed by atoms with van der Waals surface area (Å²) in [4.78, 5) is 39.2. The standard InChI is InChI=1S/C33H34N6O5/c1-37(2)32(42)27-15-21-19-34-33(36-31(21)39(27)23-8-3-4-9-23)35-22-7-5-6-20(14-22)25-16-24(40)17-26-28(41)18-29(44-30(25)26)38-10-12-43-13-11-38/h5-7,14-19,23,40H,3-4,8-13H2,1-2H3,(H,34,35,36). The van der Waals surface area contributed by atoms with E-state index in [0.29, 0.717) is 66.0 Å². The van der Waals surface area contributed by atoms with Crippen LogP contribution < -0.4 is 15.6 Å². The van der Waals surface area contributed by atoms with Crippen molar-refractivity contribution < 1.29 is 19.1 Å². The first-order valence-electron chi connectivity index (χ1n) is 15.0.